The summed E-state index contributed by atoms with van der Waals surface area (Å²) in [5.74, 6) is -2.40. The third-order valence-corrected chi connectivity index (χ3v) is 4.34. The molecular formula is C21H29NO6. The number of carbonyl (C=O) groups excluding carboxylic acids is 3. The van der Waals surface area contributed by atoms with Gasteiger partial charge in [-0.15, -0.1) is 0 Å². The van der Waals surface area contributed by atoms with Gasteiger partial charge in [0.1, 0.15) is 5.78 Å². The minimum absolute atomic E-state index is 0.000403. The molecule has 154 valence electrons. The second kappa shape index (κ2) is 10.6. The highest BCUT2D eigenvalue weighted by Crippen LogP contribution is 2.20. The van der Waals surface area contributed by atoms with Gasteiger partial charge in [0, 0.05) is 18.8 Å². The Morgan fingerprint density at radius 2 is 1.68 bits per heavy atom. The summed E-state index contributed by atoms with van der Waals surface area (Å²) in [5, 5.41) is 8.92. The molecule has 1 rings (SSSR count). The summed E-state index contributed by atoms with van der Waals surface area (Å²) in [4.78, 5) is 51.0. The molecule has 1 unspecified atom stereocenters. The second-order valence-electron chi connectivity index (χ2n) is 8.11. The maximum atomic E-state index is 11.9. The van der Waals surface area contributed by atoms with Crippen LogP contribution in [0.5, 0.6) is 0 Å². The predicted octanol–water partition coefficient (Wildman–Crippen LogP) is 3.31. The van der Waals surface area contributed by atoms with Crippen LogP contribution in [0.15, 0.2) is 24.3 Å². The van der Waals surface area contributed by atoms with Gasteiger partial charge in [0.05, 0.1) is 5.56 Å². The van der Waals surface area contributed by atoms with E-state index in [0.29, 0.717) is 19.3 Å². The fraction of sp³-hybridized carbons (Fsp3) is 0.524. The van der Waals surface area contributed by atoms with Crippen LogP contribution in [-0.4, -0.2) is 28.7 Å². The third kappa shape index (κ3) is 9.30. The first-order chi connectivity index (χ1) is 13.0. The van der Waals surface area contributed by atoms with Crippen LogP contribution < -0.4 is 5.48 Å². The first kappa shape index (κ1) is 23.3. The van der Waals surface area contributed by atoms with E-state index in [-0.39, 0.29) is 35.5 Å². The number of ketones is 1. The zero-order valence-electron chi connectivity index (χ0n) is 16.9. The van der Waals surface area contributed by atoms with Crippen molar-refractivity contribution in [3.8, 4) is 0 Å². The van der Waals surface area contributed by atoms with Crippen LogP contribution in [0.4, 0.5) is 0 Å². The largest absolute Gasteiger partial charge is 0.478 e. The molecule has 0 saturated heterocycles. The Kier molecular flexibility index (Phi) is 8.82. The highest BCUT2D eigenvalue weighted by Gasteiger charge is 2.18. The minimum Gasteiger partial charge on any atom is -0.478 e. The Morgan fingerprint density at radius 3 is 2.18 bits per heavy atom. The standard InChI is InChI=1S/C21H29NO6/c1-14(23)17(13-15-5-7-16(8-6-15)20(26)27)9-10-18(24)22-28-19(25)11-12-21(2,3)4/h5-8,17H,9-13H2,1-4H3,(H,22,24)(H,26,27). The van der Waals surface area contributed by atoms with Gasteiger partial charge in [0.15, 0.2) is 0 Å². The molecule has 0 aliphatic heterocycles. The molecule has 0 radical (unpaired) electrons. The van der Waals surface area contributed by atoms with Gasteiger partial charge >= 0.3 is 11.9 Å². The molecule has 0 aromatic heterocycles. The molecule has 1 aromatic rings. The van der Waals surface area contributed by atoms with Crippen molar-refractivity contribution in [2.45, 2.75) is 59.8 Å². The maximum absolute atomic E-state index is 11.9. The van der Waals surface area contributed by atoms with E-state index < -0.39 is 17.8 Å². The van der Waals surface area contributed by atoms with Gasteiger partial charge < -0.3 is 9.94 Å². The number of aromatic carboxylic acids is 1. The molecule has 0 spiro atoms. The second-order valence-corrected chi connectivity index (χ2v) is 8.11. The summed E-state index contributed by atoms with van der Waals surface area (Å²) in [5.41, 5.74) is 3.13. The molecule has 2 N–H and O–H groups in total. The lowest BCUT2D eigenvalue weighted by Crippen LogP contribution is -2.28. The number of nitrogens with one attached hydrogen (secondary N) is 1. The summed E-state index contributed by atoms with van der Waals surface area (Å²) in [7, 11) is 0. The van der Waals surface area contributed by atoms with E-state index in [1.165, 1.54) is 19.1 Å². The quantitative estimate of drug-likeness (QED) is 0.625. The monoisotopic (exact) mass is 391 g/mol. The summed E-state index contributed by atoms with van der Waals surface area (Å²) in [6, 6.07) is 6.30. The van der Waals surface area contributed by atoms with Gasteiger partial charge in [-0.05, 0) is 49.3 Å². The number of Topliss-reactive ketones (excluding diaryl/α,β-unsaturated/α-hetero) is 1. The smallest absolute Gasteiger partial charge is 0.335 e. The number of amides is 1. The lowest BCUT2D eigenvalue weighted by molar-refractivity contribution is -0.158. The molecule has 0 saturated carbocycles. The summed E-state index contributed by atoms with van der Waals surface area (Å²) >= 11 is 0. The number of hydrogen-bond acceptors (Lipinski definition) is 5. The summed E-state index contributed by atoms with van der Waals surface area (Å²) in [6.45, 7) is 7.49. The maximum Gasteiger partial charge on any atom is 0.335 e. The molecular weight excluding hydrogens is 362 g/mol. The average molecular weight is 391 g/mol. The summed E-state index contributed by atoms with van der Waals surface area (Å²) in [6.07, 6.45) is 1.63. The Morgan fingerprint density at radius 1 is 1.07 bits per heavy atom. The molecule has 1 amide bonds. The van der Waals surface area contributed by atoms with Crippen LogP contribution in [0.25, 0.3) is 0 Å². The number of carboxylic acid groups (broad SMARTS) is 1. The van der Waals surface area contributed by atoms with Crippen molar-refractivity contribution < 1.29 is 29.1 Å². The van der Waals surface area contributed by atoms with E-state index in [4.69, 9.17) is 9.94 Å². The van der Waals surface area contributed by atoms with Crippen LogP contribution in [-0.2, 0) is 25.6 Å². The van der Waals surface area contributed by atoms with E-state index >= 15 is 0 Å². The van der Waals surface area contributed by atoms with Crippen LogP contribution in [0.1, 0.15) is 69.3 Å². The van der Waals surface area contributed by atoms with Crippen LogP contribution in [0.3, 0.4) is 0 Å². The Hall–Kier alpha value is -2.70. The van der Waals surface area contributed by atoms with E-state index in [9.17, 15) is 19.2 Å². The molecule has 0 aliphatic carbocycles. The fourth-order valence-electron chi connectivity index (χ4n) is 2.52. The number of hydrogen-bond donors (Lipinski definition) is 2. The minimum atomic E-state index is -1.01. The molecule has 7 heteroatoms. The number of carbonyl (C=O) groups is 4. The van der Waals surface area contributed by atoms with Crippen LogP contribution in [0.2, 0.25) is 0 Å². The first-order valence-electron chi connectivity index (χ1n) is 9.29. The van der Waals surface area contributed by atoms with Gasteiger partial charge in [-0.25, -0.2) is 9.59 Å². The molecule has 0 bridgehead atoms. The number of rotatable bonds is 9. The normalized spacial score (nSPS) is 12.1. The van der Waals surface area contributed by atoms with Crippen molar-refractivity contribution in [3.05, 3.63) is 35.4 Å². The number of carboxylic acids is 1. The predicted molar refractivity (Wildman–Crippen MR) is 103 cm³/mol. The van der Waals surface area contributed by atoms with Crippen molar-refractivity contribution >= 4 is 23.6 Å². The topological polar surface area (TPSA) is 110 Å². The van der Waals surface area contributed by atoms with Crippen molar-refractivity contribution in [3.63, 3.8) is 0 Å². The Balaban J connectivity index is 2.45. The lowest BCUT2D eigenvalue weighted by atomic mass is 9.91. The Bertz CT molecular complexity index is 703. The number of hydroxylamine groups is 1. The fourth-order valence-corrected chi connectivity index (χ4v) is 2.52. The van der Waals surface area contributed by atoms with E-state index in [0.717, 1.165) is 5.56 Å². The number of benzene rings is 1. The molecule has 7 nitrogen and oxygen atoms in total. The summed E-state index contributed by atoms with van der Waals surface area (Å²) < 4.78 is 0. The van der Waals surface area contributed by atoms with Crippen molar-refractivity contribution in [2.24, 2.45) is 11.3 Å². The highest BCUT2D eigenvalue weighted by molar-refractivity contribution is 5.87. The van der Waals surface area contributed by atoms with Gasteiger partial charge in [-0.3, -0.25) is 9.59 Å². The lowest BCUT2D eigenvalue weighted by Gasteiger charge is -2.17. The van der Waals surface area contributed by atoms with E-state index in [1.807, 2.05) is 20.8 Å². The van der Waals surface area contributed by atoms with Crippen molar-refractivity contribution in [2.75, 3.05) is 0 Å². The zero-order valence-corrected chi connectivity index (χ0v) is 16.9. The molecule has 0 heterocycles. The van der Waals surface area contributed by atoms with Crippen LogP contribution in [0, 0.1) is 11.3 Å². The van der Waals surface area contributed by atoms with Crippen molar-refractivity contribution in [1.82, 2.24) is 5.48 Å². The average Bonchev–Trinajstić information content (AvgIpc) is 2.61. The molecule has 0 aliphatic rings. The first-order valence-corrected chi connectivity index (χ1v) is 9.29. The van der Waals surface area contributed by atoms with E-state index in [2.05, 4.69) is 5.48 Å². The Labute approximate surface area is 165 Å². The zero-order chi connectivity index (χ0) is 21.3. The van der Waals surface area contributed by atoms with Gasteiger partial charge in [0.2, 0.25) is 0 Å². The highest BCUT2D eigenvalue weighted by atomic mass is 16.7. The molecule has 0 fully saturated rings. The molecule has 28 heavy (non-hydrogen) atoms. The third-order valence-electron chi connectivity index (χ3n) is 4.34. The van der Waals surface area contributed by atoms with E-state index in [1.54, 1.807) is 12.1 Å². The molecule has 1 aromatic carbocycles. The SMILES string of the molecule is CC(=O)C(CCC(=O)NOC(=O)CCC(C)(C)C)Cc1ccc(C(=O)O)cc1. The molecule has 1 atom stereocenters. The van der Waals surface area contributed by atoms with Crippen LogP contribution >= 0.6 is 0 Å². The van der Waals surface area contributed by atoms with Gasteiger partial charge in [-0.2, -0.15) is 5.48 Å². The van der Waals surface area contributed by atoms with Gasteiger partial charge in [-0.1, -0.05) is 32.9 Å². The van der Waals surface area contributed by atoms with Crippen molar-refractivity contribution in [1.29, 1.82) is 0 Å². The van der Waals surface area contributed by atoms with Gasteiger partial charge in [0.25, 0.3) is 5.91 Å².